The maximum Gasteiger partial charge on any atom is 0.0911 e. The minimum absolute atomic E-state index is 0.628. The third-order valence-electron chi connectivity index (χ3n) is 0.630. The van der Waals surface area contributed by atoms with E-state index >= 15 is 0 Å². The van der Waals surface area contributed by atoms with Crippen molar-refractivity contribution in [1.82, 2.24) is 0 Å². The molecule has 1 unspecified atom stereocenters. The fourth-order valence-electron chi connectivity index (χ4n) is 0.345. The van der Waals surface area contributed by atoms with Gasteiger partial charge in [0.15, 0.2) is 0 Å². The van der Waals surface area contributed by atoms with E-state index in [1.807, 2.05) is 0 Å². The molecule has 0 N–H and O–H groups in total. The predicted octanol–water partition coefficient (Wildman–Crippen LogP) is 0.291. The van der Waals surface area contributed by atoms with E-state index in [0.29, 0.717) is 5.75 Å². The highest BCUT2D eigenvalue weighted by molar-refractivity contribution is 7.98. The Morgan fingerprint density at radius 3 is 2.86 bits per heavy atom. The maximum atomic E-state index is 10.4. The Bertz CT molecular complexity index is 139. The van der Waals surface area contributed by atoms with Crippen LogP contribution in [0.5, 0.6) is 0 Å². The maximum absolute atomic E-state index is 10.4. The van der Waals surface area contributed by atoms with E-state index in [0.717, 1.165) is 0 Å². The summed E-state index contributed by atoms with van der Waals surface area (Å²) in [5, 5.41) is 0. The van der Waals surface area contributed by atoms with E-state index in [1.54, 1.807) is 12.3 Å². The molecular formula is C4H5NOS. The number of nitrogens with zero attached hydrogens (tertiary/aromatic N) is 1. The summed E-state index contributed by atoms with van der Waals surface area (Å²) in [5.41, 5.74) is 1.44. The molecule has 1 heterocycles. The molecular weight excluding hydrogens is 110 g/mol. The lowest BCUT2D eigenvalue weighted by Crippen LogP contribution is -1.96. The summed E-state index contributed by atoms with van der Waals surface area (Å²) in [6, 6.07) is 0. The van der Waals surface area contributed by atoms with Crippen molar-refractivity contribution in [2.75, 3.05) is 5.75 Å². The second-order valence-corrected chi connectivity index (χ2v) is 2.49. The topological polar surface area (TPSA) is 29.4 Å². The van der Waals surface area contributed by atoms with Gasteiger partial charge in [0.25, 0.3) is 0 Å². The fourth-order valence-corrected chi connectivity index (χ4v) is 0.913. The van der Waals surface area contributed by atoms with Gasteiger partial charge >= 0.3 is 0 Å². The van der Waals surface area contributed by atoms with Crippen LogP contribution in [0.1, 0.15) is 0 Å². The van der Waals surface area contributed by atoms with E-state index in [2.05, 4.69) is 4.99 Å². The number of rotatable bonds is 0. The highest BCUT2D eigenvalue weighted by atomic mass is 32.2. The Hall–Kier alpha value is -0.440. The van der Waals surface area contributed by atoms with Gasteiger partial charge in [-0.15, -0.1) is 0 Å². The Labute approximate surface area is 44.4 Å². The minimum Gasteiger partial charge on any atom is -0.256 e. The Morgan fingerprint density at radius 1 is 1.71 bits per heavy atom. The SMILES string of the molecule is O=S1C=NC=CC1. The van der Waals surface area contributed by atoms with Gasteiger partial charge in [0.05, 0.1) is 16.3 Å². The summed E-state index contributed by atoms with van der Waals surface area (Å²) in [4.78, 5) is 3.65. The summed E-state index contributed by atoms with van der Waals surface area (Å²) >= 11 is 0. The lowest BCUT2D eigenvalue weighted by molar-refractivity contribution is 0.691. The molecule has 0 bridgehead atoms. The predicted molar refractivity (Wildman–Crippen MR) is 30.6 cm³/mol. The fraction of sp³-hybridized carbons (Fsp3) is 0.250. The number of aliphatic imine (C=N–C) groups is 1. The van der Waals surface area contributed by atoms with Crippen LogP contribution in [0.25, 0.3) is 0 Å². The molecule has 3 heteroatoms. The molecule has 1 aliphatic rings. The summed E-state index contributed by atoms with van der Waals surface area (Å²) in [7, 11) is -0.819. The molecule has 0 spiro atoms. The molecule has 2 nitrogen and oxygen atoms in total. The van der Waals surface area contributed by atoms with Crippen molar-refractivity contribution < 1.29 is 4.21 Å². The van der Waals surface area contributed by atoms with Crippen molar-refractivity contribution >= 4 is 16.3 Å². The molecule has 0 amide bonds. The first-order chi connectivity index (χ1) is 3.39. The van der Waals surface area contributed by atoms with E-state index in [4.69, 9.17) is 0 Å². The zero-order valence-electron chi connectivity index (χ0n) is 3.70. The summed E-state index contributed by atoms with van der Waals surface area (Å²) in [5.74, 6) is 0.628. The molecule has 38 valence electrons. The quantitative estimate of drug-likeness (QED) is 0.446. The van der Waals surface area contributed by atoms with E-state index in [9.17, 15) is 4.21 Å². The van der Waals surface area contributed by atoms with Gasteiger partial charge in [-0.3, -0.25) is 9.20 Å². The lowest BCUT2D eigenvalue weighted by Gasteiger charge is -1.89. The third-order valence-corrected chi connectivity index (χ3v) is 1.51. The van der Waals surface area contributed by atoms with Gasteiger partial charge in [-0.1, -0.05) is 6.08 Å². The first-order valence-corrected chi connectivity index (χ1v) is 3.33. The average Bonchev–Trinajstić information content (AvgIpc) is 1.69. The zero-order valence-corrected chi connectivity index (χ0v) is 4.52. The smallest absolute Gasteiger partial charge is 0.0911 e. The highest BCUT2D eigenvalue weighted by Crippen LogP contribution is 1.87. The highest BCUT2D eigenvalue weighted by Gasteiger charge is 1.91. The van der Waals surface area contributed by atoms with E-state index in [1.165, 1.54) is 5.55 Å². The van der Waals surface area contributed by atoms with Gasteiger partial charge in [0, 0.05) is 12.0 Å². The second-order valence-electron chi connectivity index (χ2n) is 1.19. The molecule has 1 rings (SSSR count). The molecule has 7 heavy (non-hydrogen) atoms. The molecule has 0 fully saturated rings. The molecule has 0 radical (unpaired) electrons. The normalized spacial score (nSPS) is 28.3. The number of hydrogen-bond acceptors (Lipinski definition) is 2. The Kier molecular flexibility index (Phi) is 1.36. The molecule has 1 atom stereocenters. The second kappa shape index (κ2) is 2.02. The van der Waals surface area contributed by atoms with Crippen molar-refractivity contribution in [2.45, 2.75) is 0 Å². The molecule has 0 aliphatic carbocycles. The van der Waals surface area contributed by atoms with Crippen molar-refractivity contribution in [1.29, 1.82) is 0 Å². The van der Waals surface area contributed by atoms with Gasteiger partial charge in [0.1, 0.15) is 0 Å². The molecule has 1 aliphatic heterocycles. The van der Waals surface area contributed by atoms with E-state index < -0.39 is 10.8 Å². The van der Waals surface area contributed by atoms with Crippen molar-refractivity contribution in [3.8, 4) is 0 Å². The summed E-state index contributed by atoms with van der Waals surface area (Å²) in [6.45, 7) is 0. The third kappa shape index (κ3) is 1.23. The molecule has 0 aromatic rings. The lowest BCUT2D eigenvalue weighted by atomic mass is 10.7. The van der Waals surface area contributed by atoms with Crippen LogP contribution in [-0.4, -0.2) is 15.5 Å². The standard InChI is InChI=1S/C4H5NOS/c6-7-3-1-2-5-4-7/h1-2,4H,3H2. The van der Waals surface area contributed by atoms with Crippen LogP contribution in [0, 0.1) is 0 Å². The van der Waals surface area contributed by atoms with Crippen molar-refractivity contribution in [3.63, 3.8) is 0 Å². The Balaban J connectivity index is 2.66. The molecule has 0 aromatic heterocycles. The largest absolute Gasteiger partial charge is 0.256 e. The van der Waals surface area contributed by atoms with Crippen LogP contribution in [0.15, 0.2) is 17.3 Å². The van der Waals surface area contributed by atoms with Crippen LogP contribution >= 0.6 is 0 Å². The average molecular weight is 115 g/mol. The van der Waals surface area contributed by atoms with Gasteiger partial charge in [0.2, 0.25) is 0 Å². The summed E-state index contributed by atoms with van der Waals surface area (Å²) < 4.78 is 10.4. The van der Waals surface area contributed by atoms with Crippen molar-refractivity contribution in [3.05, 3.63) is 12.3 Å². The van der Waals surface area contributed by atoms with Gasteiger partial charge in [-0.2, -0.15) is 0 Å². The first-order valence-electron chi connectivity index (χ1n) is 1.95. The van der Waals surface area contributed by atoms with Gasteiger partial charge < -0.3 is 0 Å². The first kappa shape index (κ1) is 4.71. The van der Waals surface area contributed by atoms with Gasteiger partial charge in [-0.25, -0.2) is 0 Å². The van der Waals surface area contributed by atoms with Crippen LogP contribution in [0.3, 0.4) is 0 Å². The molecule has 0 saturated carbocycles. The van der Waals surface area contributed by atoms with Crippen LogP contribution < -0.4 is 0 Å². The minimum atomic E-state index is -0.819. The Morgan fingerprint density at radius 2 is 2.57 bits per heavy atom. The van der Waals surface area contributed by atoms with Crippen LogP contribution in [-0.2, 0) is 10.8 Å². The molecule has 0 aromatic carbocycles. The zero-order chi connectivity index (χ0) is 5.11. The van der Waals surface area contributed by atoms with Crippen LogP contribution in [0.4, 0.5) is 0 Å². The van der Waals surface area contributed by atoms with E-state index in [-0.39, 0.29) is 0 Å². The van der Waals surface area contributed by atoms with Gasteiger partial charge in [-0.05, 0) is 0 Å². The number of hydrogen-bond donors (Lipinski definition) is 0. The monoisotopic (exact) mass is 115 g/mol. The summed E-state index contributed by atoms with van der Waals surface area (Å²) in [6.07, 6.45) is 3.44. The van der Waals surface area contributed by atoms with Crippen LogP contribution in [0.2, 0.25) is 0 Å². The van der Waals surface area contributed by atoms with Crippen molar-refractivity contribution in [2.24, 2.45) is 4.99 Å². The molecule has 0 saturated heterocycles.